The largest absolute Gasteiger partial charge is 0.448 e. The van der Waals surface area contributed by atoms with Crippen molar-refractivity contribution in [2.75, 3.05) is 6.54 Å². The smallest absolute Gasteiger partial charge is 0.251 e. The van der Waals surface area contributed by atoms with Crippen LogP contribution < -0.4 is 15.2 Å². The summed E-state index contributed by atoms with van der Waals surface area (Å²) in [5.74, 6) is 2.20. The molecule has 4 heteroatoms. The van der Waals surface area contributed by atoms with Gasteiger partial charge < -0.3 is 19.9 Å². The van der Waals surface area contributed by atoms with Crippen molar-refractivity contribution in [3.63, 3.8) is 0 Å². The Hall–Kier alpha value is -1.26. The van der Waals surface area contributed by atoms with Gasteiger partial charge in [-0.05, 0) is 56.1 Å². The van der Waals surface area contributed by atoms with E-state index in [4.69, 9.17) is 19.9 Å². The summed E-state index contributed by atoms with van der Waals surface area (Å²) >= 11 is 0. The van der Waals surface area contributed by atoms with Gasteiger partial charge in [-0.25, -0.2) is 0 Å². The van der Waals surface area contributed by atoms with Gasteiger partial charge in [-0.3, -0.25) is 0 Å². The maximum Gasteiger partial charge on any atom is 0.251 e. The summed E-state index contributed by atoms with van der Waals surface area (Å²) in [6.07, 6.45) is 14.7. The molecule has 1 aromatic rings. The molecule has 2 atom stereocenters. The van der Waals surface area contributed by atoms with E-state index < -0.39 is 5.79 Å². The van der Waals surface area contributed by atoms with Gasteiger partial charge in [0.2, 0.25) is 0 Å². The average Bonchev–Trinajstić information content (AvgIpc) is 2.95. The first-order chi connectivity index (χ1) is 13.3. The highest BCUT2D eigenvalue weighted by atomic mass is 16.7. The summed E-state index contributed by atoms with van der Waals surface area (Å²) in [6.45, 7) is 0.529. The molecule has 0 radical (unpaired) electrons. The van der Waals surface area contributed by atoms with Crippen LogP contribution in [-0.2, 0) is 11.2 Å². The highest BCUT2D eigenvalue weighted by Gasteiger charge is 2.44. The molecule has 2 fully saturated rings. The van der Waals surface area contributed by atoms with E-state index in [2.05, 4.69) is 12.1 Å². The molecule has 2 heterocycles. The van der Waals surface area contributed by atoms with Crippen LogP contribution in [0.25, 0.3) is 0 Å². The topological polar surface area (TPSA) is 53.7 Å². The van der Waals surface area contributed by atoms with Gasteiger partial charge in [0.25, 0.3) is 5.79 Å². The first-order valence-electron chi connectivity index (χ1n) is 11.2. The fraction of sp³-hybridized carbons (Fsp3) is 0.739. The second-order valence-corrected chi connectivity index (χ2v) is 8.97. The minimum Gasteiger partial charge on any atom is -0.448 e. The Kier molecular flexibility index (Phi) is 4.81. The lowest BCUT2D eigenvalue weighted by atomic mass is 9.83. The third kappa shape index (κ3) is 3.25. The molecule has 2 aliphatic carbocycles. The summed E-state index contributed by atoms with van der Waals surface area (Å²) < 4.78 is 19.5. The molecule has 0 amide bonds. The maximum atomic E-state index is 6.60. The molecule has 0 aromatic heterocycles. The molecule has 148 valence electrons. The van der Waals surface area contributed by atoms with Crippen LogP contribution in [0, 0.1) is 5.92 Å². The Morgan fingerprint density at radius 3 is 2.48 bits per heavy atom. The molecule has 4 aliphatic rings. The van der Waals surface area contributed by atoms with Crippen molar-refractivity contribution in [1.82, 2.24) is 0 Å². The molecule has 1 aromatic carbocycles. The average molecular weight is 372 g/mol. The van der Waals surface area contributed by atoms with Crippen LogP contribution in [0.1, 0.15) is 87.9 Å². The van der Waals surface area contributed by atoms with Crippen molar-refractivity contribution in [3.8, 4) is 11.5 Å². The van der Waals surface area contributed by atoms with Crippen molar-refractivity contribution >= 4 is 0 Å². The Morgan fingerprint density at radius 1 is 0.926 bits per heavy atom. The third-order valence-electron chi connectivity index (χ3n) is 7.21. The van der Waals surface area contributed by atoms with Gasteiger partial charge in [0.15, 0.2) is 11.5 Å². The van der Waals surface area contributed by atoms with E-state index in [-0.39, 0.29) is 6.10 Å². The van der Waals surface area contributed by atoms with E-state index in [9.17, 15) is 0 Å². The number of fused-ring (bicyclic) bond motifs is 3. The standard InChI is InChI=1S/C23H33NO3/c24-15-21-17-9-12-20-22(27-23(26-20)13-5-2-6-14-23)18(17)10-11-19(25-21)16-7-3-1-4-8-16/h9,12,16,19,21H,1-8,10-11,13-15,24H2. The summed E-state index contributed by atoms with van der Waals surface area (Å²) in [6, 6.07) is 4.27. The molecule has 0 saturated heterocycles. The minimum absolute atomic E-state index is 0.0220. The van der Waals surface area contributed by atoms with Crippen LogP contribution in [0.3, 0.4) is 0 Å². The molecule has 2 saturated carbocycles. The molecule has 2 unspecified atom stereocenters. The fourth-order valence-electron chi connectivity index (χ4n) is 5.75. The number of rotatable bonds is 2. The zero-order valence-corrected chi connectivity index (χ0v) is 16.4. The van der Waals surface area contributed by atoms with Gasteiger partial charge in [-0.15, -0.1) is 0 Å². The zero-order valence-electron chi connectivity index (χ0n) is 16.4. The third-order valence-corrected chi connectivity index (χ3v) is 7.21. The number of hydrogen-bond acceptors (Lipinski definition) is 4. The molecular weight excluding hydrogens is 338 g/mol. The molecule has 5 rings (SSSR count). The second kappa shape index (κ2) is 7.29. The second-order valence-electron chi connectivity index (χ2n) is 8.97. The normalized spacial score (nSPS) is 30.1. The summed E-state index contributed by atoms with van der Waals surface area (Å²) in [5.41, 5.74) is 8.69. The van der Waals surface area contributed by atoms with Crippen molar-refractivity contribution in [1.29, 1.82) is 0 Å². The Bertz CT molecular complexity index is 676. The van der Waals surface area contributed by atoms with E-state index in [1.54, 1.807) is 0 Å². The molecule has 2 N–H and O–H groups in total. The fourth-order valence-corrected chi connectivity index (χ4v) is 5.75. The molecule has 1 spiro atoms. The van der Waals surface area contributed by atoms with Gasteiger partial charge in [-0.2, -0.15) is 0 Å². The minimum atomic E-state index is -0.413. The van der Waals surface area contributed by atoms with Crippen molar-refractivity contribution in [2.45, 2.75) is 95.0 Å². The number of benzene rings is 1. The summed E-state index contributed by atoms with van der Waals surface area (Å²) in [4.78, 5) is 0. The molecule has 27 heavy (non-hydrogen) atoms. The van der Waals surface area contributed by atoms with Crippen LogP contribution in [0.15, 0.2) is 12.1 Å². The summed E-state index contributed by atoms with van der Waals surface area (Å²) in [5, 5.41) is 0. The Labute approximate surface area is 162 Å². The van der Waals surface area contributed by atoms with E-state index in [0.717, 1.165) is 37.2 Å². The molecule has 0 bridgehead atoms. The monoisotopic (exact) mass is 371 g/mol. The van der Waals surface area contributed by atoms with Crippen LogP contribution in [-0.4, -0.2) is 18.4 Å². The molecule has 2 aliphatic heterocycles. The number of nitrogens with two attached hydrogens (primary N) is 1. The lowest BCUT2D eigenvalue weighted by Crippen LogP contribution is -2.40. The molecule has 4 nitrogen and oxygen atoms in total. The predicted molar refractivity (Wildman–Crippen MR) is 105 cm³/mol. The van der Waals surface area contributed by atoms with E-state index in [1.165, 1.54) is 62.5 Å². The van der Waals surface area contributed by atoms with Gasteiger partial charge in [-0.1, -0.05) is 31.7 Å². The predicted octanol–water partition coefficient (Wildman–Crippen LogP) is 5.03. The van der Waals surface area contributed by atoms with Gasteiger partial charge in [0.1, 0.15) is 0 Å². The summed E-state index contributed by atoms with van der Waals surface area (Å²) in [7, 11) is 0. The van der Waals surface area contributed by atoms with Crippen LogP contribution in [0.5, 0.6) is 11.5 Å². The molecular formula is C23H33NO3. The maximum absolute atomic E-state index is 6.60. The van der Waals surface area contributed by atoms with Crippen molar-refractivity contribution in [2.24, 2.45) is 11.7 Å². The first-order valence-corrected chi connectivity index (χ1v) is 11.2. The first kappa shape index (κ1) is 17.8. The van der Waals surface area contributed by atoms with Crippen LogP contribution >= 0.6 is 0 Å². The van der Waals surface area contributed by atoms with E-state index in [0.29, 0.717) is 18.6 Å². The van der Waals surface area contributed by atoms with E-state index in [1.807, 2.05) is 0 Å². The lowest BCUT2D eigenvalue weighted by Gasteiger charge is -2.31. The van der Waals surface area contributed by atoms with Crippen molar-refractivity contribution < 1.29 is 14.2 Å². The Balaban J connectivity index is 1.43. The quantitative estimate of drug-likeness (QED) is 0.792. The Morgan fingerprint density at radius 2 is 1.70 bits per heavy atom. The van der Waals surface area contributed by atoms with Gasteiger partial charge in [0, 0.05) is 24.9 Å². The van der Waals surface area contributed by atoms with Crippen LogP contribution in [0.2, 0.25) is 0 Å². The van der Waals surface area contributed by atoms with Gasteiger partial charge >= 0.3 is 0 Å². The van der Waals surface area contributed by atoms with Crippen molar-refractivity contribution in [3.05, 3.63) is 23.3 Å². The highest BCUT2D eigenvalue weighted by molar-refractivity contribution is 5.54. The number of ether oxygens (including phenoxy) is 3. The SMILES string of the molecule is NCC1OC(C2CCCCC2)CCc2c1ccc1c2OC2(CCCCC2)O1. The lowest BCUT2D eigenvalue weighted by molar-refractivity contribution is -0.105. The zero-order chi connectivity index (χ0) is 18.3. The van der Waals surface area contributed by atoms with Gasteiger partial charge in [0.05, 0.1) is 12.2 Å². The number of hydrogen-bond donors (Lipinski definition) is 1. The van der Waals surface area contributed by atoms with Crippen LogP contribution in [0.4, 0.5) is 0 Å². The van der Waals surface area contributed by atoms with E-state index >= 15 is 0 Å². The highest BCUT2D eigenvalue weighted by Crippen LogP contribution is 2.50.